The fraction of sp³-hybridized carbons (Fsp3) is 0.529. The van der Waals surface area contributed by atoms with E-state index in [0.717, 1.165) is 41.7 Å². The van der Waals surface area contributed by atoms with Crippen LogP contribution in [0.1, 0.15) is 56.9 Å². The van der Waals surface area contributed by atoms with Crippen molar-refractivity contribution in [3.05, 3.63) is 33.5 Å². The van der Waals surface area contributed by atoms with Gasteiger partial charge in [0.15, 0.2) is 0 Å². The molecular weight excluding hydrogens is 314 g/mol. The van der Waals surface area contributed by atoms with Crippen LogP contribution in [-0.4, -0.2) is 6.54 Å². The highest BCUT2D eigenvalue weighted by Gasteiger charge is 2.18. The van der Waals surface area contributed by atoms with Crippen LogP contribution in [0.5, 0.6) is 0 Å². The number of nitrogens with one attached hydrogen (secondary N) is 1. The number of hydrogen-bond acceptors (Lipinski definition) is 2. The topological polar surface area (TPSA) is 25.2 Å². The second-order valence-electron chi connectivity index (χ2n) is 5.56. The predicted molar refractivity (Wildman–Crippen MR) is 89.4 cm³/mol. The van der Waals surface area contributed by atoms with Crippen LogP contribution < -0.4 is 5.32 Å². The molecular formula is C17H24BrNO. The average Bonchev–Trinajstić information content (AvgIpc) is 2.74. The van der Waals surface area contributed by atoms with Crippen molar-refractivity contribution in [2.24, 2.45) is 0 Å². The summed E-state index contributed by atoms with van der Waals surface area (Å²) in [5.41, 5.74) is 3.72. The Hall–Kier alpha value is -0.800. The third-order valence-corrected chi connectivity index (χ3v) is 4.08. The maximum atomic E-state index is 6.22. The Balaban J connectivity index is 2.62. The van der Waals surface area contributed by atoms with Gasteiger partial charge in [0, 0.05) is 15.4 Å². The van der Waals surface area contributed by atoms with Crippen LogP contribution in [0.15, 0.2) is 21.0 Å². The molecule has 2 nitrogen and oxygen atoms in total. The van der Waals surface area contributed by atoms with Crippen LogP contribution in [0.2, 0.25) is 0 Å². The Kier molecular flexibility index (Phi) is 5.28. The maximum Gasteiger partial charge on any atom is 0.138 e. The number of hydrogen-bond donors (Lipinski definition) is 1. The average molecular weight is 338 g/mol. The number of aryl methyl sites for hydroxylation is 1. The molecule has 20 heavy (non-hydrogen) atoms. The predicted octanol–water partition coefficient (Wildman–Crippen LogP) is 5.38. The summed E-state index contributed by atoms with van der Waals surface area (Å²) in [7, 11) is 0. The standard InChI is InChI=1S/C17H24BrNO/c1-5-7-13-15-9-12(18)8-14(11(3)4)17(15)20-16(13)10-19-6-2/h8-9,11,19H,5-7,10H2,1-4H3. The molecule has 1 N–H and O–H groups in total. The Morgan fingerprint density at radius 1 is 1.25 bits per heavy atom. The Morgan fingerprint density at radius 2 is 2.00 bits per heavy atom. The molecule has 1 aromatic carbocycles. The van der Waals surface area contributed by atoms with Crippen molar-refractivity contribution in [1.29, 1.82) is 0 Å². The Labute approximate surface area is 130 Å². The lowest BCUT2D eigenvalue weighted by molar-refractivity contribution is 0.509. The summed E-state index contributed by atoms with van der Waals surface area (Å²) in [6.45, 7) is 10.6. The number of fused-ring (bicyclic) bond motifs is 1. The molecule has 2 rings (SSSR count). The number of furan rings is 1. The van der Waals surface area contributed by atoms with E-state index in [0.29, 0.717) is 5.92 Å². The van der Waals surface area contributed by atoms with Crippen molar-refractivity contribution >= 4 is 26.9 Å². The summed E-state index contributed by atoms with van der Waals surface area (Å²) in [6, 6.07) is 4.38. The van der Waals surface area contributed by atoms with Gasteiger partial charge in [-0.05, 0) is 36.6 Å². The highest BCUT2D eigenvalue weighted by Crippen LogP contribution is 2.35. The SMILES string of the molecule is CCCc1c(CNCC)oc2c(C(C)C)cc(Br)cc12. The van der Waals surface area contributed by atoms with E-state index in [2.05, 4.69) is 61.1 Å². The van der Waals surface area contributed by atoms with Gasteiger partial charge in [-0.15, -0.1) is 0 Å². The summed E-state index contributed by atoms with van der Waals surface area (Å²) in [4.78, 5) is 0. The molecule has 0 aliphatic carbocycles. The molecule has 0 unspecified atom stereocenters. The van der Waals surface area contributed by atoms with Crippen LogP contribution >= 0.6 is 15.9 Å². The van der Waals surface area contributed by atoms with Crippen molar-refractivity contribution in [2.75, 3.05) is 6.54 Å². The van der Waals surface area contributed by atoms with Crippen LogP contribution in [0.4, 0.5) is 0 Å². The van der Waals surface area contributed by atoms with Crippen molar-refractivity contribution in [2.45, 2.75) is 53.0 Å². The molecule has 0 saturated heterocycles. The fourth-order valence-electron chi connectivity index (χ4n) is 2.62. The van der Waals surface area contributed by atoms with Crippen LogP contribution in [0.3, 0.4) is 0 Å². The first-order chi connectivity index (χ1) is 9.58. The van der Waals surface area contributed by atoms with E-state index >= 15 is 0 Å². The van der Waals surface area contributed by atoms with Crippen LogP contribution in [-0.2, 0) is 13.0 Å². The second-order valence-corrected chi connectivity index (χ2v) is 6.48. The zero-order chi connectivity index (χ0) is 14.7. The molecule has 0 radical (unpaired) electrons. The molecule has 1 heterocycles. The summed E-state index contributed by atoms with van der Waals surface area (Å²) >= 11 is 3.64. The lowest BCUT2D eigenvalue weighted by Gasteiger charge is -2.07. The van der Waals surface area contributed by atoms with Crippen molar-refractivity contribution in [1.82, 2.24) is 5.32 Å². The molecule has 0 aliphatic rings. The lowest BCUT2D eigenvalue weighted by Crippen LogP contribution is -2.12. The van der Waals surface area contributed by atoms with E-state index in [1.165, 1.54) is 16.5 Å². The zero-order valence-corrected chi connectivity index (χ0v) is 14.4. The van der Waals surface area contributed by atoms with Gasteiger partial charge in [-0.1, -0.05) is 50.0 Å². The molecule has 2 aromatic rings. The normalized spacial score (nSPS) is 11.7. The molecule has 0 spiro atoms. The smallest absolute Gasteiger partial charge is 0.138 e. The van der Waals surface area contributed by atoms with Crippen molar-refractivity contribution < 1.29 is 4.42 Å². The number of halogens is 1. The minimum atomic E-state index is 0.461. The molecule has 0 fully saturated rings. The van der Waals surface area contributed by atoms with Crippen molar-refractivity contribution in [3.63, 3.8) is 0 Å². The van der Waals surface area contributed by atoms with E-state index in [1.807, 2.05) is 0 Å². The number of benzene rings is 1. The highest BCUT2D eigenvalue weighted by atomic mass is 79.9. The first kappa shape index (κ1) is 15.6. The van der Waals surface area contributed by atoms with Crippen molar-refractivity contribution in [3.8, 4) is 0 Å². The fourth-order valence-corrected chi connectivity index (χ4v) is 3.10. The van der Waals surface area contributed by atoms with Gasteiger partial charge < -0.3 is 9.73 Å². The number of rotatable bonds is 6. The molecule has 110 valence electrons. The first-order valence-electron chi connectivity index (χ1n) is 7.52. The van der Waals surface area contributed by atoms with Gasteiger partial charge in [0.25, 0.3) is 0 Å². The maximum absolute atomic E-state index is 6.22. The molecule has 1 aromatic heterocycles. The molecule has 3 heteroatoms. The first-order valence-corrected chi connectivity index (χ1v) is 8.32. The third kappa shape index (κ3) is 3.09. The Morgan fingerprint density at radius 3 is 2.60 bits per heavy atom. The van der Waals surface area contributed by atoms with E-state index < -0.39 is 0 Å². The van der Waals surface area contributed by atoms with Gasteiger partial charge in [-0.3, -0.25) is 0 Å². The highest BCUT2D eigenvalue weighted by molar-refractivity contribution is 9.10. The summed E-state index contributed by atoms with van der Waals surface area (Å²) in [5.74, 6) is 1.56. The van der Waals surface area contributed by atoms with Gasteiger partial charge in [-0.2, -0.15) is 0 Å². The third-order valence-electron chi connectivity index (χ3n) is 3.63. The van der Waals surface area contributed by atoms with Gasteiger partial charge in [-0.25, -0.2) is 0 Å². The van der Waals surface area contributed by atoms with Gasteiger partial charge >= 0.3 is 0 Å². The Bertz CT molecular complexity index is 586. The van der Waals surface area contributed by atoms with Crippen LogP contribution in [0, 0.1) is 0 Å². The second kappa shape index (κ2) is 6.77. The van der Waals surface area contributed by atoms with E-state index in [9.17, 15) is 0 Å². The van der Waals surface area contributed by atoms with E-state index in [4.69, 9.17) is 4.42 Å². The van der Waals surface area contributed by atoms with Gasteiger partial charge in [0.05, 0.1) is 6.54 Å². The zero-order valence-electron chi connectivity index (χ0n) is 12.8. The molecule has 0 saturated carbocycles. The lowest BCUT2D eigenvalue weighted by atomic mass is 9.98. The van der Waals surface area contributed by atoms with Gasteiger partial charge in [0.2, 0.25) is 0 Å². The van der Waals surface area contributed by atoms with Gasteiger partial charge in [0.1, 0.15) is 11.3 Å². The minimum Gasteiger partial charge on any atom is -0.459 e. The molecule has 0 amide bonds. The van der Waals surface area contributed by atoms with E-state index in [-0.39, 0.29) is 0 Å². The monoisotopic (exact) mass is 337 g/mol. The molecule has 0 aliphatic heterocycles. The quantitative estimate of drug-likeness (QED) is 0.765. The summed E-state index contributed by atoms with van der Waals surface area (Å²) in [5, 5.41) is 4.66. The van der Waals surface area contributed by atoms with E-state index in [1.54, 1.807) is 0 Å². The summed E-state index contributed by atoms with van der Waals surface area (Å²) in [6.07, 6.45) is 2.21. The molecule has 0 bridgehead atoms. The van der Waals surface area contributed by atoms with Crippen LogP contribution in [0.25, 0.3) is 11.0 Å². The molecule has 0 atom stereocenters. The minimum absolute atomic E-state index is 0.461. The largest absolute Gasteiger partial charge is 0.459 e. The summed E-state index contributed by atoms with van der Waals surface area (Å²) < 4.78 is 7.36.